The van der Waals surface area contributed by atoms with Gasteiger partial charge in [0.05, 0.1) is 11.7 Å². The molecule has 3 aromatic rings. The van der Waals surface area contributed by atoms with Crippen LogP contribution in [0.1, 0.15) is 33.8 Å². The molecule has 0 saturated carbocycles. The van der Waals surface area contributed by atoms with Crippen molar-refractivity contribution in [1.29, 1.82) is 0 Å². The number of aromatic nitrogens is 2. The lowest BCUT2D eigenvalue weighted by atomic mass is 10.1. The summed E-state index contributed by atoms with van der Waals surface area (Å²) < 4.78 is 1.92. The number of fused-ring (bicyclic) bond motifs is 1. The molecule has 0 fully saturated rings. The van der Waals surface area contributed by atoms with Gasteiger partial charge in [0, 0.05) is 34.1 Å². The zero-order chi connectivity index (χ0) is 14.1. The van der Waals surface area contributed by atoms with E-state index in [9.17, 15) is 0 Å². The average molecular weight is 285 g/mol. The number of nitrogens with zero attached hydrogens (tertiary/aromatic N) is 2. The highest BCUT2D eigenvalue weighted by molar-refractivity contribution is 7.12. The van der Waals surface area contributed by atoms with Crippen molar-refractivity contribution < 1.29 is 0 Å². The molecule has 0 aliphatic heterocycles. The summed E-state index contributed by atoms with van der Waals surface area (Å²) >= 11 is 1.87. The van der Waals surface area contributed by atoms with Gasteiger partial charge >= 0.3 is 0 Å². The SMILES string of the molecule is Cc1cc(C(C)NCc2cnn3ccccc23)c(C)s1. The van der Waals surface area contributed by atoms with Crippen LogP contribution in [0.4, 0.5) is 0 Å². The van der Waals surface area contributed by atoms with Crippen molar-refractivity contribution in [2.75, 3.05) is 0 Å². The number of pyridine rings is 1. The molecule has 1 unspecified atom stereocenters. The fourth-order valence-electron chi connectivity index (χ4n) is 2.58. The fourth-order valence-corrected chi connectivity index (χ4v) is 3.60. The van der Waals surface area contributed by atoms with Gasteiger partial charge in [0.25, 0.3) is 0 Å². The first-order valence-electron chi connectivity index (χ1n) is 6.86. The van der Waals surface area contributed by atoms with Gasteiger partial charge in [-0.3, -0.25) is 0 Å². The van der Waals surface area contributed by atoms with Crippen molar-refractivity contribution in [3.8, 4) is 0 Å². The smallest absolute Gasteiger partial charge is 0.0706 e. The third-order valence-corrected chi connectivity index (χ3v) is 4.63. The summed E-state index contributed by atoms with van der Waals surface area (Å²) in [5.74, 6) is 0. The number of hydrogen-bond acceptors (Lipinski definition) is 3. The molecule has 1 atom stereocenters. The van der Waals surface area contributed by atoms with Crippen LogP contribution in [0.3, 0.4) is 0 Å². The maximum Gasteiger partial charge on any atom is 0.0706 e. The summed E-state index contributed by atoms with van der Waals surface area (Å²) in [7, 11) is 0. The van der Waals surface area contributed by atoms with Crippen LogP contribution in [0.25, 0.3) is 5.52 Å². The van der Waals surface area contributed by atoms with E-state index in [-0.39, 0.29) is 0 Å². The van der Waals surface area contributed by atoms with Crippen LogP contribution in [0.5, 0.6) is 0 Å². The standard InChI is InChI=1S/C16H19N3S/c1-11-8-15(13(3)20-11)12(2)17-9-14-10-18-19-7-5-4-6-16(14)19/h4-8,10,12,17H,9H2,1-3H3. The van der Waals surface area contributed by atoms with E-state index in [0.29, 0.717) is 6.04 Å². The summed E-state index contributed by atoms with van der Waals surface area (Å²) in [5.41, 5.74) is 3.82. The molecule has 3 heterocycles. The van der Waals surface area contributed by atoms with Crippen molar-refractivity contribution in [2.24, 2.45) is 0 Å². The maximum atomic E-state index is 4.37. The third-order valence-electron chi connectivity index (χ3n) is 3.65. The van der Waals surface area contributed by atoms with Crippen LogP contribution in [-0.4, -0.2) is 9.61 Å². The lowest BCUT2D eigenvalue weighted by molar-refractivity contribution is 0.575. The Bertz CT molecular complexity index is 726. The molecule has 0 spiro atoms. The van der Waals surface area contributed by atoms with Gasteiger partial charge in [0.15, 0.2) is 0 Å². The summed E-state index contributed by atoms with van der Waals surface area (Å²) in [6.07, 6.45) is 3.93. The molecule has 0 aliphatic rings. The summed E-state index contributed by atoms with van der Waals surface area (Å²) in [6.45, 7) is 7.42. The van der Waals surface area contributed by atoms with E-state index in [1.54, 1.807) is 0 Å². The van der Waals surface area contributed by atoms with E-state index >= 15 is 0 Å². The molecule has 0 bridgehead atoms. The van der Waals surface area contributed by atoms with E-state index in [0.717, 1.165) is 6.54 Å². The minimum atomic E-state index is 0.360. The van der Waals surface area contributed by atoms with E-state index in [4.69, 9.17) is 0 Å². The highest BCUT2D eigenvalue weighted by Crippen LogP contribution is 2.26. The summed E-state index contributed by atoms with van der Waals surface area (Å²) in [4.78, 5) is 2.78. The van der Waals surface area contributed by atoms with E-state index in [1.165, 1.54) is 26.4 Å². The van der Waals surface area contributed by atoms with Gasteiger partial charge < -0.3 is 5.32 Å². The molecule has 1 N–H and O–H groups in total. The Morgan fingerprint density at radius 3 is 2.95 bits per heavy atom. The second kappa shape index (κ2) is 5.38. The molecule has 4 heteroatoms. The van der Waals surface area contributed by atoms with Gasteiger partial charge in [-0.1, -0.05) is 6.07 Å². The lowest BCUT2D eigenvalue weighted by Gasteiger charge is -2.13. The Balaban J connectivity index is 1.74. The Labute approximate surface area is 123 Å². The number of hydrogen-bond donors (Lipinski definition) is 1. The van der Waals surface area contributed by atoms with Crippen LogP contribution < -0.4 is 5.32 Å². The first-order chi connectivity index (χ1) is 9.65. The molecule has 0 aromatic carbocycles. The highest BCUT2D eigenvalue weighted by Gasteiger charge is 2.11. The third kappa shape index (κ3) is 2.49. The van der Waals surface area contributed by atoms with Gasteiger partial charge in [-0.05, 0) is 44.5 Å². The van der Waals surface area contributed by atoms with Crippen LogP contribution >= 0.6 is 11.3 Å². The minimum absolute atomic E-state index is 0.360. The first kappa shape index (κ1) is 13.3. The van der Waals surface area contributed by atoms with Gasteiger partial charge in [-0.25, -0.2) is 4.52 Å². The van der Waals surface area contributed by atoms with E-state index < -0.39 is 0 Å². The van der Waals surface area contributed by atoms with Crippen molar-refractivity contribution >= 4 is 16.9 Å². The number of aryl methyl sites for hydroxylation is 2. The van der Waals surface area contributed by atoms with Gasteiger partial charge in [-0.15, -0.1) is 11.3 Å². The second-order valence-electron chi connectivity index (χ2n) is 5.17. The Kier molecular flexibility index (Phi) is 3.59. The normalized spacial score (nSPS) is 12.9. The average Bonchev–Trinajstić information content (AvgIpc) is 2.99. The quantitative estimate of drug-likeness (QED) is 0.788. The zero-order valence-corrected chi connectivity index (χ0v) is 12.9. The molecule has 0 radical (unpaired) electrons. The first-order valence-corrected chi connectivity index (χ1v) is 7.68. The minimum Gasteiger partial charge on any atom is -0.306 e. The number of nitrogens with one attached hydrogen (secondary N) is 1. The predicted octanol–water partition coefficient (Wildman–Crippen LogP) is 3.86. The molecule has 3 rings (SSSR count). The Morgan fingerprint density at radius 1 is 1.35 bits per heavy atom. The fraction of sp³-hybridized carbons (Fsp3) is 0.312. The van der Waals surface area contributed by atoms with Gasteiger partial charge in [0.1, 0.15) is 0 Å². The molecule has 0 amide bonds. The van der Waals surface area contributed by atoms with E-state index in [2.05, 4.69) is 49.4 Å². The zero-order valence-electron chi connectivity index (χ0n) is 12.1. The Morgan fingerprint density at radius 2 is 2.20 bits per heavy atom. The van der Waals surface area contributed by atoms with Crippen molar-refractivity contribution in [3.63, 3.8) is 0 Å². The monoisotopic (exact) mass is 285 g/mol. The number of rotatable bonds is 4. The maximum absolute atomic E-state index is 4.37. The molecule has 3 nitrogen and oxygen atoms in total. The molecule has 20 heavy (non-hydrogen) atoms. The molecule has 0 aliphatic carbocycles. The second-order valence-corrected chi connectivity index (χ2v) is 6.63. The summed E-state index contributed by atoms with van der Waals surface area (Å²) in [5, 5.41) is 7.97. The van der Waals surface area contributed by atoms with Gasteiger partial charge in [-0.2, -0.15) is 5.10 Å². The van der Waals surface area contributed by atoms with Crippen molar-refractivity contribution in [3.05, 3.63) is 57.5 Å². The topological polar surface area (TPSA) is 29.3 Å². The Hall–Kier alpha value is -1.65. The van der Waals surface area contributed by atoms with Crippen LogP contribution in [-0.2, 0) is 6.54 Å². The molecular weight excluding hydrogens is 266 g/mol. The molecule has 3 aromatic heterocycles. The lowest BCUT2D eigenvalue weighted by Crippen LogP contribution is -2.18. The summed E-state index contributed by atoms with van der Waals surface area (Å²) in [6, 6.07) is 8.80. The van der Waals surface area contributed by atoms with E-state index in [1.807, 2.05) is 34.3 Å². The van der Waals surface area contributed by atoms with Gasteiger partial charge in [0.2, 0.25) is 0 Å². The highest BCUT2D eigenvalue weighted by atomic mass is 32.1. The molecule has 0 saturated heterocycles. The van der Waals surface area contributed by atoms with Crippen molar-refractivity contribution in [1.82, 2.24) is 14.9 Å². The van der Waals surface area contributed by atoms with Crippen LogP contribution in [0.15, 0.2) is 36.7 Å². The van der Waals surface area contributed by atoms with Crippen LogP contribution in [0, 0.1) is 13.8 Å². The predicted molar refractivity (Wildman–Crippen MR) is 84.2 cm³/mol. The van der Waals surface area contributed by atoms with Crippen LogP contribution in [0.2, 0.25) is 0 Å². The molecule has 104 valence electrons. The molecular formula is C16H19N3S. The van der Waals surface area contributed by atoms with Crippen molar-refractivity contribution in [2.45, 2.75) is 33.4 Å². The number of thiophene rings is 1. The largest absolute Gasteiger partial charge is 0.306 e.